The van der Waals surface area contributed by atoms with Crippen LogP contribution in [0.5, 0.6) is 5.75 Å². The number of hydrogen-bond acceptors (Lipinski definition) is 3. The fourth-order valence-electron chi connectivity index (χ4n) is 4.24. The number of aryl methyl sites for hydroxylation is 1. The largest absolute Gasteiger partial charge is 0.490 e. The number of pyridine rings is 1. The van der Waals surface area contributed by atoms with Gasteiger partial charge in [-0.1, -0.05) is 13.8 Å². The lowest BCUT2D eigenvalue weighted by atomic mass is 9.66. The van der Waals surface area contributed by atoms with Gasteiger partial charge >= 0.3 is 0 Å². The van der Waals surface area contributed by atoms with Gasteiger partial charge in [0.2, 0.25) is 0 Å². The number of aromatic nitrogens is 1. The van der Waals surface area contributed by atoms with Gasteiger partial charge in [0.25, 0.3) is 0 Å². The molecular weight excluding hydrogens is 296 g/mol. The molecule has 2 aromatic rings. The van der Waals surface area contributed by atoms with Crippen molar-refractivity contribution >= 4 is 10.8 Å². The number of nitrogens with zero attached hydrogens (tertiary/aromatic N) is 1. The number of rotatable bonds is 5. The summed E-state index contributed by atoms with van der Waals surface area (Å²) >= 11 is 0. The van der Waals surface area contributed by atoms with Crippen molar-refractivity contribution in [1.29, 1.82) is 0 Å². The van der Waals surface area contributed by atoms with Crippen LogP contribution in [-0.2, 0) is 0 Å². The third-order valence-corrected chi connectivity index (χ3v) is 6.09. The van der Waals surface area contributed by atoms with Crippen molar-refractivity contribution in [3.63, 3.8) is 0 Å². The maximum atomic E-state index is 6.43. The molecule has 3 rings (SSSR count). The summed E-state index contributed by atoms with van der Waals surface area (Å²) in [4.78, 5) is 4.20. The number of hydrogen-bond donors (Lipinski definition) is 1. The quantitative estimate of drug-likeness (QED) is 0.841. The molecule has 0 bridgehead atoms. The van der Waals surface area contributed by atoms with Gasteiger partial charge < -0.3 is 10.5 Å². The summed E-state index contributed by atoms with van der Waals surface area (Å²) in [7, 11) is 0. The third kappa shape index (κ3) is 3.27. The molecule has 0 radical (unpaired) electrons. The highest BCUT2D eigenvalue weighted by Crippen LogP contribution is 2.43. The summed E-state index contributed by atoms with van der Waals surface area (Å²) in [5.41, 5.74) is 7.94. The van der Waals surface area contributed by atoms with Gasteiger partial charge in [-0.15, -0.1) is 0 Å². The molecule has 0 saturated heterocycles. The predicted octanol–water partition coefficient (Wildman–Crippen LogP) is 5.00. The van der Waals surface area contributed by atoms with Crippen LogP contribution in [-0.4, -0.2) is 17.1 Å². The van der Waals surface area contributed by atoms with Gasteiger partial charge in [0.1, 0.15) is 5.75 Å². The zero-order valence-electron chi connectivity index (χ0n) is 15.2. The van der Waals surface area contributed by atoms with Crippen LogP contribution < -0.4 is 10.5 Å². The van der Waals surface area contributed by atoms with Gasteiger partial charge in [0, 0.05) is 23.8 Å². The Hall–Kier alpha value is -1.61. The van der Waals surface area contributed by atoms with E-state index in [-0.39, 0.29) is 0 Å². The van der Waals surface area contributed by atoms with Crippen molar-refractivity contribution in [2.75, 3.05) is 0 Å². The van der Waals surface area contributed by atoms with E-state index >= 15 is 0 Å². The fraction of sp³-hybridized carbons (Fsp3) is 0.571. The van der Waals surface area contributed by atoms with Crippen LogP contribution in [0.4, 0.5) is 0 Å². The average Bonchev–Trinajstić information content (AvgIpc) is 2.62. The topological polar surface area (TPSA) is 48.1 Å². The number of ether oxygens (including phenoxy) is 1. The Balaban J connectivity index is 1.71. The molecule has 1 aliphatic carbocycles. The molecule has 0 aliphatic heterocycles. The highest BCUT2D eigenvalue weighted by atomic mass is 16.5. The molecule has 24 heavy (non-hydrogen) atoms. The molecule has 0 spiro atoms. The second-order valence-electron chi connectivity index (χ2n) is 7.39. The van der Waals surface area contributed by atoms with E-state index in [4.69, 9.17) is 10.5 Å². The molecule has 1 aromatic carbocycles. The normalized spacial score (nSPS) is 25.6. The standard InChI is InChI=1S/C21H30N2O/c1-4-20(22)21(5-2)9-6-18(7-10-21)24-19-13-16-8-11-23-14-17(16)12-15(19)3/h8,11-14,18,20H,4-7,9-10,22H2,1-3H3/t18-,20?,21+. The number of fused-ring (bicyclic) bond motifs is 1. The summed E-state index contributed by atoms with van der Waals surface area (Å²) in [5, 5.41) is 2.36. The Morgan fingerprint density at radius 3 is 2.67 bits per heavy atom. The van der Waals surface area contributed by atoms with E-state index in [1.807, 2.05) is 18.5 Å². The van der Waals surface area contributed by atoms with Crippen LogP contribution in [0, 0.1) is 12.3 Å². The van der Waals surface area contributed by atoms with Crippen LogP contribution in [0.2, 0.25) is 0 Å². The Labute approximate surface area is 145 Å². The lowest BCUT2D eigenvalue weighted by Gasteiger charge is -2.43. The molecule has 0 amide bonds. The zero-order chi connectivity index (χ0) is 17.2. The van der Waals surface area contributed by atoms with E-state index in [0.717, 1.165) is 25.0 Å². The monoisotopic (exact) mass is 326 g/mol. The molecule has 1 aromatic heterocycles. The van der Waals surface area contributed by atoms with E-state index in [9.17, 15) is 0 Å². The molecule has 1 atom stereocenters. The molecule has 2 N–H and O–H groups in total. The Morgan fingerprint density at radius 2 is 2.00 bits per heavy atom. The number of nitrogens with two attached hydrogens (primary N) is 1. The second kappa shape index (κ2) is 7.10. The zero-order valence-corrected chi connectivity index (χ0v) is 15.2. The van der Waals surface area contributed by atoms with Crippen molar-refractivity contribution in [2.45, 2.75) is 71.4 Å². The molecular formula is C21H30N2O. The number of benzene rings is 1. The molecule has 1 heterocycles. The van der Waals surface area contributed by atoms with Crippen LogP contribution in [0.3, 0.4) is 0 Å². The summed E-state index contributed by atoms with van der Waals surface area (Å²) in [6, 6.07) is 6.69. The first kappa shape index (κ1) is 17.2. The van der Waals surface area contributed by atoms with Crippen LogP contribution >= 0.6 is 0 Å². The van der Waals surface area contributed by atoms with Crippen molar-refractivity contribution in [2.24, 2.45) is 11.1 Å². The van der Waals surface area contributed by atoms with E-state index in [1.54, 1.807) is 0 Å². The van der Waals surface area contributed by atoms with Gasteiger partial charge in [-0.2, -0.15) is 0 Å². The summed E-state index contributed by atoms with van der Waals surface area (Å²) < 4.78 is 6.38. The van der Waals surface area contributed by atoms with Crippen molar-refractivity contribution in [1.82, 2.24) is 4.98 Å². The Morgan fingerprint density at radius 1 is 1.25 bits per heavy atom. The maximum absolute atomic E-state index is 6.43. The van der Waals surface area contributed by atoms with Gasteiger partial charge in [-0.25, -0.2) is 0 Å². The van der Waals surface area contributed by atoms with E-state index in [1.165, 1.54) is 35.6 Å². The lowest BCUT2D eigenvalue weighted by Crippen LogP contribution is -2.45. The fourth-order valence-corrected chi connectivity index (χ4v) is 4.24. The highest BCUT2D eigenvalue weighted by Gasteiger charge is 2.38. The third-order valence-electron chi connectivity index (χ3n) is 6.09. The second-order valence-corrected chi connectivity index (χ2v) is 7.39. The molecule has 1 unspecified atom stereocenters. The van der Waals surface area contributed by atoms with E-state index < -0.39 is 0 Å². The average molecular weight is 326 g/mol. The predicted molar refractivity (Wildman–Crippen MR) is 100 cm³/mol. The Kier molecular flexibility index (Phi) is 5.09. The first-order chi connectivity index (χ1) is 11.6. The smallest absolute Gasteiger partial charge is 0.123 e. The minimum absolute atomic E-state index is 0.312. The van der Waals surface area contributed by atoms with Crippen molar-refractivity contribution in [3.05, 3.63) is 36.2 Å². The van der Waals surface area contributed by atoms with Gasteiger partial charge in [-0.3, -0.25) is 4.98 Å². The van der Waals surface area contributed by atoms with Gasteiger partial charge in [0.15, 0.2) is 0 Å². The van der Waals surface area contributed by atoms with Crippen LogP contribution in [0.25, 0.3) is 10.8 Å². The van der Waals surface area contributed by atoms with Crippen LogP contribution in [0.15, 0.2) is 30.6 Å². The minimum atomic E-state index is 0.312. The summed E-state index contributed by atoms with van der Waals surface area (Å²) in [6.45, 7) is 6.62. The molecule has 1 aliphatic rings. The summed E-state index contributed by atoms with van der Waals surface area (Å²) in [5.74, 6) is 1.02. The van der Waals surface area contributed by atoms with Crippen LogP contribution in [0.1, 0.15) is 57.9 Å². The first-order valence-corrected chi connectivity index (χ1v) is 9.34. The van der Waals surface area contributed by atoms with Crippen molar-refractivity contribution in [3.8, 4) is 5.75 Å². The lowest BCUT2D eigenvalue weighted by molar-refractivity contribution is 0.0565. The molecule has 130 valence electrons. The molecule has 3 heteroatoms. The van der Waals surface area contributed by atoms with Gasteiger partial charge in [-0.05, 0) is 80.0 Å². The molecule has 3 nitrogen and oxygen atoms in total. The van der Waals surface area contributed by atoms with Gasteiger partial charge in [0.05, 0.1) is 6.10 Å². The maximum Gasteiger partial charge on any atom is 0.123 e. The van der Waals surface area contributed by atoms with E-state index in [0.29, 0.717) is 17.6 Å². The molecule has 1 saturated carbocycles. The minimum Gasteiger partial charge on any atom is -0.490 e. The van der Waals surface area contributed by atoms with E-state index in [2.05, 4.69) is 37.9 Å². The first-order valence-electron chi connectivity index (χ1n) is 9.34. The highest BCUT2D eigenvalue weighted by molar-refractivity contribution is 5.84. The molecule has 1 fully saturated rings. The Bertz CT molecular complexity index is 689. The SMILES string of the molecule is CCC(N)[C@]1(CC)CC[C@H](Oc2cc3ccncc3cc2C)CC1. The summed E-state index contributed by atoms with van der Waals surface area (Å²) in [6.07, 6.45) is 10.9. The van der Waals surface area contributed by atoms with Crippen molar-refractivity contribution < 1.29 is 4.74 Å².